The van der Waals surface area contributed by atoms with Crippen LogP contribution in [-0.4, -0.2) is 30.1 Å². The van der Waals surface area contributed by atoms with E-state index in [1.54, 1.807) is 0 Å². The minimum Gasteiger partial charge on any atom is -0.311 e. The maximum Gasteiger partial charge on any atom is 0.0637 e. The maximum absolute atomic E-state index is 6.37. The summed E-state index contributed by atoms with van der Waals surface area (Å²) in [5.41, 5.74) is 1.35. The van der Waals surface area contributed by atoms with Crippen LogP contribution >= 0.6 is 23.2 Å². The van der Waals surface area contributed by atoms with Crippen molar-refractivity contribution in [3.05, 3.63) is 33.8 Å². The number of benzene rings is 1. The molecule has 0 bridgehead atoms. The molecule has 0 amide bonds. The standard InChI is InChI=1S/C17H26Cl2N2/c1-5-13-11-21(15(9-20-13)17(2,3)4)10-12-7-6-8-14(18)16(12)19/h6-8,13,15,20H,5,9-11H2,1-4H3. The van der Waals surface area contributed by atoms with Gasteiger partial charge >= 0.3 is 0 Å². The first-order valence-corrected chi connectivity index (χ1v) is 8.48. The zero-order valence-electron chi connectivity index (χ0n) is 13.4. The lowest BCUT2D eigenvalue weighted by molar-refractivity contribution is 0.0485. The maximum atomic E-state index is 6.37. The first-order valence-electron chi connectivity index (χ1n) is 7.73. The zero-order valence-corrected chi connectivity index (χ0v) is 14.9. The molecular formula is C17H26Cl2N2. The molecule has 2 unspecified atom stereocenters. The SMILES string of the molecule is CCC1CN(Cc2cccc(Cl)c2Cl)C(C(C)(C)C)CN1. The molecule has 1 N–H and O–H groups in total. The van der Waals surface area contributed by atoms with Crippen LogP contribution in [0.15, 0.2) is 18.2 Å². The van der Waals surface area contributed by atoms with Gasteiger partial charge in [0.2, 0.25) is 0 Å². The van der Waals surface area contributed by atoms with Gasteiger partial charge in [-0.3, -0.25) is 4.90 Å². The van der Waals surface area contributed by atoms with Gasteiger partial charge in [0.25, 0.3) is 0 Å². The van der Waals surface area contributed by atoms with Crippen LogP contribution in [0.3, 0.4) is 0 Å². The van der Waals surface area contributed by atoms with E-state index in [1.807, 2.05) is 12.1 Å². The predicted octanol–water partition coefficient (Wildman–Crippen LogP) is 4.59. The molecule has 21 heavy (non-hydrogen) atoms. The molecule has 2 rings (SSSR count). The van der Waals surface area contributed by atoms with Crippen molar-refractivity contribution in [1.29, 1.82) is 0 Å². The molecule has 0 radical (unpaired) electrons. The summed E-state index contributed by atoms with van der Waals surface area (Å²) >= 11 is 12.5. The quantitative estimate of drug-likeness (QED) is 0.872. The highest BCUT2D eigenvalue weighted by Crippen LogP contribution is 2.31. The van der Waals surface area contributed by atoms with Crippen molar-refractivity contribution >= 4 is 23.2 Å². The third-order valence-corrected chi connectivity index (χ3v) is 5.25. The van der Waals surface area contributed by atoms with Gasteiger partial charge in [0.05, 0.1) is 10.0 Å². The van der Waals surface area contributed by atoms with Crippen LogP contribution in [0.1, 0.15) is 39.7 Å². The van der Waals surface area contributed by atoms with Gasteiger partial charge in [-0.1, -0.05) is 63.0 Å². The Morgan fingerprint density at radius 3 is 2.62 bits per heavy atom. The summed E-state index contributed by atoms with van der Waals surface area (Å²) < 4.78 is 0. The number of nitrogens with zero attached hydrogens (tertiary/aromatic N) is 1. The van der Waals surface area contributed by atoms with Crippen molar-refractivity contribution in [2.75, 3.05) is 13.1 Å². The fourth-order valence-corrected chi connectivity index (χ4v) is 3.45. The van der Waals surface area contributed by atoms with Gasteiger partial charge in [-0.2, -0.15) is 0 Å². The first-order chi connectivity index (χ1) is 9.82. The Kier molecular flexibility index (Phi) is 5.59. The number of nitrogens with one attached hydrogen (secondary N) is 1. The van der Waals surface area contributed by atoms with Crippen LogP contribution in [0.2, 0.25) is 10.0 Å². The van der Waals surface area contributed by atoms with E-state index in [4.69, 9.17) is 23.2 Å². The van der Waals surface area contributed by atoms with E-state index in [2.05, 4.69) is 44.0 Å². The predicted molar refractivity (Wildman–Crippen MR) is 92.2 cm³/mol. The minimum absolute atomic E-state index is 0.233. The largest absolute Gasteiger partial charge is 0.311 e. The number of piperazine rings is 1. The molecule has 1 fully saturated rings. The highest BCUT2D eigenvalue weighted by atomic mass is 35.5. The molecule has 4 heteroatoms. The summed E-state index contributed by atoms with van der Waals surface area (Å²) in [6, 6.07) is 6.96. The molecule has 1 heterocycles. The molecule has 0 saturated carbocycles. The van der Waals surface area contributed by atoms with Crippen molar-refractivity contribution in [3.8, 4) is 0 Å². The molecule has 1 saturated heterocycles. The van der Waals surface area contributed by atoms with Crippen LogP contribution in [0.4, 0.5) is 0 Å². The lowest BCUT2D eigenvalue weighted by Crippen LogP contribution is -2.59. The number of hydrogen-bond acceptors (Lipinski definition) is 2. The van der Waals surface area contributed by atoms with Crippen molar-refractivity contribution in [3.63, 3.8) is 0 Å². The van der Waals surface area contributed by atoms with Gasteiger partial charge in [0, 0.05) is 31.7 Å². The number of rotatable bonds is 3. The van der Waals surface area contributed by atoms with Gasteiger partial charge < -0.3 is 5.32 Å². The molecule has 0 aliphatic carbocycles. The topological polar surface area (TPSA) is 15.3 Å². The van der Waals surface area contributed by atoms with E-state index in [0.717, 1.165) is 31.6 Å². The van der Waals surface area contributed by atoms with E-state index < -0.39 is 0 Å². The molecular weight excluding hydrogens is 303 g/mol. The lowest BCUT2D eigenvalue weighted by atomic mass is 9.83. The van der Waals surface area contributed by atoms with Gasteiger partial charge in [-0.25, -0.2) is 0 Å². The summed E-state index contributed by atoms with van der Waals surface area (Å²) in [5, 5.41) is 5.00. The van der Waals surface area contributed by atoms with E-state index in [-0.39, 0.29) is 5.41 Å². The van der Waals surface area contributed by atoms with Crippen molar-refractivity contribution in [1.82, 2.24) is 10.2 Å². The molecule has 1 aliphatic heterocycles. The molecule has 1 aromatic rings. The van der Waals surface area contributed by atoms with E-state index >= 15 is 0 Å². The second kappa shape index (κ2) is 6.87. The minimum atomic E-state index is 0.233. The van der Waals surface area contributed by atoms with Gasteiger partial charge in [0.1, 0.15) is 0 Å². The second-order valence-corrected chi connectivity index (χ2v) is 7.82. The zero-order chi connectivity index (χ0) is 15.6. The van der Waals surface area contributed by atoms with Gasteiger partial charge in [-0.05, 0) is 23.5 Å². The molecule has 1 aromatic carbocycles. The third-order valence-electron chi connectivity index (χ3n) is 4.39. The van der Waals surface area contributed by atoms with Crippen molar-refractivity contribution in [2.24, 2.45) is 5.41 Å². The van der Waals surface area contributed by atoms with Crippen LogP contribution in [-0.2, 0) is 6.54 Å². The van der Waals surface area contributed by atoms with Crippen molar-refractivity contribution in [2.45, 2.75) is 52.7 Å². The Labute approximate surface area is 138 Å². The van der Waals surface area contributed by atoms with Crippen LogP contribution in [0, 0.1) is 5.41 Å². The van der Waals surface area contributed by atoms with E-state index in [9.17, 15) is 0 Å². The van der Waals surface area contributed by atoms with E-state index in [0.29, 0.717) is 22.1 Å². The summed E-state index contributed by atoms with van der Waals surface area (Å²) in [6.07, 6.45) is 1.15. The monoisotopic (exact) mass is 328 g/mol. The summed E-state index contributed by atoms with van der Waals surface area (Å²) in [7, 11) is 0. The molecule has 1 aliphatic rings. The summed E-state index contributed by atoms with van der Waals surface area (Å²) in [5.74, 6) is 0. The molecule has 0 aromatic heterocycles. The van der Waals surface area contributed by atoms with Crippen LogP contribution in [0.5, 0.6) is 0 Å². The van der Waals surface area contributed by atoms with Crippen LogP contribution < -0.4 is 5.32 Å². The first kappa shape index (κ1) is 17.1. The molecule has 2 nitrogen and oxygen atoms in total. The molecule has 118 valence electrons. The van der Waals surface area contributed by atoms with Crippen LogP contribution in [0.25, 0.3) is 0 Å². The van der Waals surface area contributed by atoms with Gasteiger partial charge in [0.15, 0.2) is 0 Å². The summed E-state index contributed by atoms with van der Waals surface area (Å²) in [4.78, 5) is 2.56. The average molecular weight is 329 g/mol. The Balaban J connectivity index is 2.21. The Bertz CT molecular complexity index is 482. The van der Waals surface area contributed by atoms with Gasteiger partial charge in [-0.15, -0.1) is 0 Å². The third kappa shape index (κ3) is 4.13. The highest BCUT2D eigenvalue weighted by Gasteiger charge is 2.35. The fraction of sp³-hybridized carbons (Fsp3) is 0.647. The normalized spacial score (nSPS) is 24.3. The average Bonchev–Trinajstić information content (AvgIpc) is 2.42. The molecule has 2 atom stereocenters. The lowest BCUT2D eigenvalue weighted by Gasteiger charge is -2.46. The Morgan fingerprint density at radius 1 is 1.29 bits per heavy atom. The van der Waals surface area contributed by atoms with E-state index in [1.165, 1.54) is 0 Å². The molecule has 0 spiro atoms. The fourth-order valence-electron chi connectivity index (χ4n) is 3.07. The number of hydrogen-bond donors (Lipinski definition) is 1. The smallest absolute Gasteiger partial charge is 0.0637 e. The second-order valence-electron chi connectivity index (χ2n) is 7.04. The van der Waals surface area contributed by atoms with Crippen molar-refractivity contribution < 1.29 is 0 Å². The highest BCUT2D eigenvalue weighted by molar-refractivity contribution is 6.42. The number of halogens is 2. The Morgan fingerprint density at radius 2 is 2.00 bits per heavy atom. The Hall–Kier alpha value is -0.280. The summed E-state index contributed by atoms with van der Waals surface area (Å²) in [6.45, 7) is 12.1.